The fourth-order valence-electron chi connectivity index (χ4n) is 2.65. The highest BCUT2D eigenvalue weighted by molar-refractivity contribution is 7.91. The number of anilines is 1. The van der Waals surface area contributed by atoms with E-state index in [1.54, 1.807) is 43.3 Å². The molecule has 1 amide bonds. The Morgan fingerprint density at radius 1 is 0.893 bits per heavy atom. The summed E-state index contributed by atoms with van der Waals surface area (Å²) in [6, 6.07) is 23.0. The van der Waals surface area contributed by atoms with Gasteiger partial charge in [-0.3, -0.25) is 4.79 Å². The van der Waals surface area contributed by atoms with Gasteiger partial charge in [-0.2, -0.15) is 0 Å². The molecule has 0 heterocycles. The van der Waals surface area contributed by atoms with E-state index in [1.807, 2.05) is 30.3 Å². The number of hydrogen-bond donors (Lipinski definition) is 1. The van der Waals surface area contributed by atoms with Crippen molar-refractivity contribution in [2.75, 3.05) is 11.1 Å². The third kappa shape index (κ3) is 4.78. The maximum Gasteiger partial charge on any atom is 0.256 e. The number of carbonyl (C=O) groups excluding carboxylic acids is 1. The van der Waals surface area contributed by atoms with Crippen LogP contribution in [0.1, 0.15) is 22.8 Å². The number of nitrogens with one attached hydrogen (secondary N) is 1. The minimum absolute atomic E-state index is 0.0396. The Hall–Kier alpha value is -3.12. The zero-order valence-corrected chi connectivity index (χ0v) is 16.3. The van der Waals surface area contributed by atoms with Crippen molar-refractivity contribution in [3.05, 3.63) is 90.0 Å². The van der Waals surface area contributed by atoms with Gasteiger partial charge in [0.05, 0.1) is 16.2 Å². The molecule has 0 atom stereocenters. The Labute approximate surface area is 164 Å². The summed E-state index contributed by atoms with van der Waals surface area (Å²) in [6.45, 7) is 2.01. The summed E-state index contributed by atoms with van der Waals surface area (Å²) in [4.78, 5) is 12.6. The quantitative estimate of drug-likeness (QED) is 0.647. The molecule has 3 aromatic carbocycles. The Balaban J connectivity index is 1.69. The van der Waals surface area contributed by atoms with E-state index in [4.69, 9.17) is 4.74 Å². The van der Waals surface area contributed by atoms with Gasteiger partial charge >= 0.3 is 0 Å². The minimum atomic E-state index is -3.49. The number of sulfone groups is 1. The van der Waals surface area contributed by atoms with E-state index in [9.17, 15) is 13.2 Å². The SMILES string of the molecule is CCS(=O)(=O)c1ccccc1C(=O)Nc1ccc(OCc2ccccc2)cc1. The van der Waals surface area contributed by atoms with Crippen LogP contribution < -0.4 is 10.1 Å². The highest BCUT2D eigenvalue weighted by Gasteiger charge is 2.20. The van der Waals surface area contributed by atoms with Gasteiger partial charge in [0.1, 0.15) is 12.4 Å². The van der Waals surface area contributed by atoms with Crippen molar-refractivity contribution in [1.82, 2.24) is 0 Å². The van der Waals surface area contributed by atoms with Crippen LogP contribution >= 0.6 is 0 Å². The Bertz CT molecular complexity index is 1050. The second-order valence-corrected chi connectivity index (χ2v) is 8.40. The highest BCUT2D eigenvalue weighted by atomic mass is 32.2. The first-order valence-corrected chi connectivity index (χ1v) is 10.5. The van der Waals surface area contributed by atoms with Crippen LogP contribution in [0.15, 0.2) is 83.8 Å². The van der Waals surface area contributed by atoms with Gasteiger partial charge in [-0.1, -0.05) is 49.4 Å². The zero-order chi connectivity index (χ0) is 20.0. The monoisotopic (exact) mass is 395 g/mol. The molecule has 144 valence electrons. The summed E-state index contributed by atoms with van der Waals surface area (Å²) >= 11 is 0. The first-order chi connectivity index (χ1) is 13.5. The molecule has 0 saturated carbocycles. The predicted octanol–water partition coefficient (Wildman–Crippen LogP) is 4.31. The van der Waals surface area contributed by atoms with Crippen LogP contribution in [0.2, 0.25) is 0 Å². The third-order valence-electron chi connectivity index (χ3n) is 4.21. The Morgan fingerprint density at radius 3 is 2.21 bits per heavy atom. The van der Waals surface area contributed by atoms with Crippen molar-refractivity contribution in [2.24, 2.45) is 0 Å². The fourth-order valence-corrected chi connectivity index (χ4v) is 3.75. The predicted molar refractivity (Wildman–Crippen MR) is 109 cm³/mol. The van der Waals surface area contributed by atoms with Crippen LogP contribution in [0.3, 0.4) is 0 Å². The van der Waals surface area contributed by atoms with Gasteiger partial charge in [0.15, 0.2) is 9.84 Å². The van der Waals surface area contributed by atoms with E-state index in [2.05, 4.69) is 5.32 Å². The molecule has 0 aliphatic rings. The van der Waals surface area contributed by atoms with Crippen molar-refractivity contribution >= 4 is 21.4 Å². The Kier molecular flexibility index (Phi) is 6.11. The molecule has 0 aromatic heterocycles. The van der Waals surface area contributed by atoms with Crippen LogP contribution in [0, 0.1) is 0 Å². The summed E-state index contributed by atoms with van der Waals surface area (Å²) in [7, 11) is -3.49. The molecule has 0 aliphatic carbocycles. The van der Waals surface area contributed by atoms with Crippen molar-refractivity contribution in [3.63, 3.8) is 0 Å². The Morgan fingerprint density at radius 2 is 1.54 bits per heavy atom. The van der Waals surface area contributed by atoms with Crippen LogP contribution in [0.4, 0.5) is 5.69 Å². The first kappa shape index (κ1) is 19.6. The van der Waals surface area contributed by atoms with E-state index in [0.29, 0.717) is 18.0 Å². The molecule has 3 rings (SSSR count). The number of ether oxygens (including phenoxy) is 1. The molecule has 0 bridgehead atoms. The molecule has 0 unspecified atom stereocenters. The summed E-state index contributed by atoms with van der Waals surface area (Å²) in [5.74, 6) is 0.145. The highest BCUT2D eigenvalue weighted by Crippen LogP contribution is 2.21. The van der Waals surface area contributed by atoms with Crippen LogP contribution in [0.5, 0.6) is 5.75 Å². The topological polar surface area (TPSA) is 72.5 Å². The second-order valence-electron chi connectivity index (χ2n) is 6.15. The average Bonchev–Trinajstić information content (AvgIpc) is 2.74. The molecule has 0 aliphatic heterocycles. The van der Waals surface area contributed by atoms with Crippen LogP contribution in [-0.2, 0) is 16.4 Å². The number of amides is 1. The molecule has 0 radical (unpaired) electrons. The summed E-state index contributed by atoms with van der Waals surface area (Å²) in [5.41, 5.74) is 1.75. The summed E-state index contributed by atoms with van der Waals surface area (Å²) in [5, 5.41) is 2.74. The standard InChI is InChI=1S/C22H21NO4S/c1-2-28(25,26)21-11-7-6-10-20(21)22(24)23-18-12-14-19(15-13-18)27-16-17-8-4-3-5-9-17/h3-15H,2,16H2,1H3,(H,23,24). The van der Waals surface area contributed by atoms with Gasteiger partial charge in [0.25, 0.3) is 5.91 Å². The van der Waals surface area contributed by atoms with Gasteiger partial charge < -0.3 is 10.1 Å². The van der Waals surface area contributed by atoms with Gasteiger partial charge in [0.2, 0.25) is 0 Å². The van der Waals surface area contributed by atoms with E-state index < -0.39 is 15.7 Å². The van der Waals surface area contributed by atoms with E-state index >= 15 is 0 Å². The van der Waals surface area contributed by atoms with Crippen molar-refractivity contribution in [2.45, 2.75) is 18.4 Å². The molecule has 6 heteroatoms. The second kappa shape index (κ2) is 8.71. The summed E-state index contributed by atoms with van der Waals surface area (Å²) in [6.07, 6.45) is 0. The molecule has 3 aromatic rings. The summed E-state index contributed by atoms with van der Waals surface area (Å²) < 4.78 is 30.2. The molecule has 0 saturated heterocycles. The van der Waals surface area contributed by atoms with Crippen LogP contribution in [0.25, 0.3) is 0 Å². The molecular formula is C22H21NO4S. The lowest BCUT2D eigenvalue weighted by atomic mass is 10.2. The molecule has 5 nitrogen and oxygen atoms in total. The molecular weight excluding hydrogens is 374 g/mol. The fraction of sp³-hybridized carbons (Fsp3) is 0.136. The number of carbonyl (C=O) groups is 1. The lowest BCUT2D eigenvalue weighted by Crippen LogP contribution is -2.17. The van der Waals surface area contributed by atoms with E-state index in [-0.39, 0.29) is 16.2 Å². The average molecular weight is 395 g/mol. The zero-order valence-electron chi connectivity index (χ0n) is 15.5. The lowest BCUT2D eigenvalue weighted by Gasteiger charge is -2.11. The van der Waals surface area contributed by atoms with Gasteiger partial charge in [-0.15, -0.1) is 0 Å². The lowest BCUT2D eigenvalue weighted by molar-refractivity contribution is 0.102. The number of rotatable bonds is 7. The molecule has 0 fully saturated rings. The molecule has 1 N–H and O–H groups in total. The number of benzene rings is 3. The largest absolute Gasteiger partial charge is 0.489 e. The maximum absolute atomic E-state index is 12.6. The molecule has 28 heavy (non-hydrogen) atoms. The smallest absolute Gasteiger partial charge is 0.256 e. The minimum Gasteiger partial charge on any atom is -0.489 e. The maximum atomic E-state index is 12.6. The van der Waals surface area contributed by atoms with Crippen LogP contribution in [-0.4, -0.2) is 20.1 Å². The van der Waals surface area contributed by atoms with E-state index in [0.717, 1.165) is 5.56 Å². The third-order valence-corrected chi connectivity index (χ3v) is 5.99. The normalized spacial score (nSPS) is 11.0. The van der Waals surface area contributed by atoms with E-state index in [1.165, 1.54) is 12.1 Å². The van der Waals surface area contributed by atoms with Gasteiger partial charge in [-0.25, -0.2) is 8.42 Å². The van der Waals surface area contributed by atoms with Gasteiger partial charge in [-0.05, 0) is 42.0 Å². The number of hydrogen-bond acceptors (Lipinski definition) is 4. The van der Waals surface area contributed by atoms with Gasteiger partial charge in [0, 0.05) is 5.69 Å². The van der Waals surface area contributed by atoms with Crippen molar-refractivity contribution in [1.29, 1.82) is 0 Å². The first-order valence-electron chi connectivity index (χ1n) is 8.89. The van der Waals surface area contributed by atoms with Crippen molar-refractivity contribution < 1.29 is 17.9 Å². The molecule has 0 spiro atoms. The van der Waals surface area contributed by atoms with Crippen molar-refractivity contribution in [3.8, 4) is 5.75 Å².